The van der Waals surface area contributed by atoms with E-state index >= 15 is 0 Å². The zero-order valence-corrected chi connectivity index (χ0v) is 16.4. The highest BCUT2D eigenvalue weighted by molar-refractivity contribution is 6.21. The number of likely N-dealkylation sites (tertiary alicyclic amines) is 1. The first kappa shape index (κ1) is 19.6. The Balaban J connectivity index is 1.52. The van der Waals surface area contributed by atoms with E-state index in [0.717, 1.165) is 25.7 Å². The van der Waals surface area contributed by atoms with Gasteiger partial charge in [-0.3, -0.25) is 24.1 Å². The second-order valence-electron chi connectivity index (χ2n) is 8.28. The average Bonchev–Trinajstić information content (AvgIpc) is 2.99. The summed E-state index contributed by atoms with van der Waals surface area (Å²) in [6.07, 6.45) is 5.30. The van der Waals surface area contributed by atoms with Gasteiger partial charge in [-0.15, -0.1) is 0 Å². The molecule has 2 heterocycles. The number of fused-ring (bicyclic) bond motifs is 1. The summed E-state index contributed by atoms with van der Waals surface area (Å²) < 4.78 is 0. The van der Waals surface area contributed by atoms with E-state index in [4.69, 9.17) is 0 Å². The molecule has 1 aromatic rings. The van der Waals surface area contributed by atoms with Gasteiger partial charge in [0.05, 0.1) is 23.0 Å². The van der Waals surface area contributed by atoms with Crippen LogP contribution in [0.1, 0.15) is 65.7 Å². The van der Waals surface area contributed by atoms with Crippen LogP contribution in [0.5, 0.6) is 0 Å². The minimum atomic E-state index is -0.906. The van der Waals surface area contributed by atoms with Crippen molar-refractivity contribution in [3.63, 3.8) is 0 Å². The van der Waals surface area contributed by atoms with Gasteiger partial charge in [0.1, 0.15) is 0 Å². The normalized spacial score (nSPS) is 27.1. The Labute approximate surface area is 169 Å². The fraction of sp³-hybridized carbons (Fsp3) is 0.545. The largest absolute Gasteiger partial charge is 0.481 e. The molecule has 1 unspecified atom stereocenters. The van der Waals surface area contributed by atoms with E-state index in [1.165, 1.54) is 4.90 Å². The summed E-state index contributed by atoms with van der Waals surface area (Å²) in [5.41, 5.74) is 0.814. The maximum absolute atomic E-state index is 13.3. The van der Waals surface area contributed by atoms with Crippen molar-refractivity contribution in [2.24, 2.45) is 11.8 Å². The van der Waals surface area contributed by atoms with Crippen LogP contribution < -0.4 is 0 Å². The van der Waals surface area contributed by atoms with E-state index < -0.39 is 17.8 Å². The number of amides is 3. The lowest BCUT2D eigenvalue weighted by atomic mass is 9.78. The van der Waals surface area contributed by atoms with Crippen LogP contribution in [0.4, 0.5) is 0 Å². The van der Waals surface area contributed by atoms with E-state index in [1.54, 1.807) is 29.2 Å². The predicted molar refractivity (Wildman–Crippen MR) is 104 cm³/mol. The Kier molecular flexibility index (Phi) is 5.39. The highest BCUT2D eigenvalue weighted by Crippen LogP contribution is 2.34. The van der Waals surface area contributed by atoms with Crippen molar-refractivity contribution in [1.29, 1.82) is 0 Å². The van der Waals surface area contributed by atoms with Gasteiger partial charge >= 0.3 is 5.97 Å². The highest BCUT2D eigenvalue weighted by atomic mass is 16.4. The molecule has 2 fully saturated rings. The van der Waals surface area contributed by atoms with Gasteiger partial charge in [0.25, 0.3) is 11.8 Å². The van der Waals surface area contributed by atoms with Crippen LogP contribution in [0.3, 0.4) is 0 Å². The van der Waals surface area contributed by atoms with Gasteiger partial charge in [0.15, 0.2) is 0 Å². The monoisotopic (exact) mass is 398 g/mol. The molecule has 0 aromatic heterocycles. The SMILES string of the molecule is O=C(O)[C@@H]1CCCC[C@@H]1C(=O)N1CCCCC1CN1C(=O)c2ccccc2C1=O. The van der Waals surface area contributed by atoms with Crippen LogP contribution in [0.2, 0.25) is 0 Å². The second-order valence-corrected chi connectivity index (χ2v) is 8.28. The van der Waals surface area contributed by atoms with Crippen LogP contribution in [-0.4, -0.2) is 57.7 Å². The summed E-state index contributed by atoms with van der Waals surface area (Å²) >= 11 is 0. The van der Waals surface area contributed by atoms with Crippen molar-refractivity contribution in [1.82, 2.24) is 9.80 Å². The Morgan fingerprint density at radius 3 is 2.10 bits per heavy atom. The minimum absolute atomic E-state index is 0.126. The number of carboxylic acids is 1. The third-order valence-electron chi connectivity index (χ3n) is 6.58. The fourth-order valence-electron chi connectivity index (χ4n) is 5.03. The Morgan fingerprint density at radius 2 is 1.48 bits per heavy atom. The van der Waals surface area contributed by atoms with Crippen molar-refractivity contribution >= 4 is 23.7 Å². The van der Waals surface area contributed by atoms with Crippen molar-refractivity contribution in [2.45, 2.75) is 51.0 Å². The quantitative estimate of drug-likeness (QED) is 0.787. The molecule has 154 valence electrons. The number of carbonyl (C=O) groups is 4. The number of benzene rings is 1. The number of nitrogens with zero attached hydrogens (tertiary/aromatic N) is 2. The summed E-state index contributed by atoms with van der Waals surface area (Å²) in [5, 5.41) is 9.55. The molecule has 3 amide bonds. The summed E-state index contributed by atoms with van der Waals surface area (Å²) in [6.45, 7) is 0.720. The molecule has 2 aliphatic heterocycles. The number of hydrogen-bond donors (Lipinski definition) is 1. The highest BCUT2D eigenvalue weighted by Gasteiger charge is 2.42. The van der Waals surface area contributed by atoms with E-state index in [9.17, 15) is 24.3 Å². The second kappa shape index (κ2) is 7.97. The van der Waals surface area contributed by atoms with E-state index in [-0.39, 0.29) is 30.3 Å². The molecule has 1 aliphatic carbocycles. The van der Waals surface area contributed by atoms with Gasteiger partial charge in [-0.25, -0.2) is 0 Å². The molecular weight excluding hydrogens is 372 g/mol. The van der Waals surface area contributed by atoms with Crippen molar-refractivity contribution in [3.8, 4) is 0 Å². The zero-order chi connectivity index (χ0) is 20.5. The number of aliphatic carboxylic acids is 1. The third kappa shape index (κ3) is 3.54. The van der Waals surface area contributed by atoms with E-state index in [0.29, 0.717) is 36.9 Å². The van der Waals surface area contributed by atoms with Crippen LogP contribution >= 0.6 is 0 Å². The lowest BCUT2D eigenvalue weighted by Gasteiger charge is -2.41. The molecule has 7 nitrogen and oxygen atoms in total. The average molecular weight is 398 g/mol. The number of carbonyl (C=O) groups excluding carboxylic acids is 3. The maximum atomic E-state index is 13.3. The van der Waals surface area contributed by atoms with Crippen LogP contribution in [-0.2, 0) is 9.59 Å². The minimum Gasteiger partial charge on any atom is -0.481 e. The van der Waals surface area contributed by atoms with Gasteiger partial charge in [-0.05, 0) is 44.2 Å². The summed E-state index contributed by atoms with van der Waals surface area (Å²) in [5.74, 6) is -2.81. The first-order valence-corrected chi connectivity index (χ1v) is 10.5. The van der Waals surface area contributed by atoms with Crippen molar-refractivity contribution in [3.05, 3.63) is 35.4 Å². The number of carboxylic acid groups (broad SMARTS) is 1. The number of piperidine rings is 1. The van der Waals surface area contributed by atoms with Crippen LogP contribution in [0.15, 0.2) is 24.3 Å². The van der Waals surface area contributed by atoms with Crippen molar-refractivity contribution in [2.75, 3.05) is 13.1 Å². The van der Waals surface area contributed by atoms with Crippen molar-refractivity contribution < 1.29 is 24.3 Å². The standard InChI is InChI=1S/C22H26N2O5/c25-19(17-10-3-4-11-18(17)22(28)29)23-12-6-5-7-14(23)13-24-20(26)15-8-1-2-9-16(15)21(24)27/h1-2,8-9,14,17-18H,3-7,10-13H2,(H,28,29)/t14?,17-,18+/m0/s1. The molecule has 4 rings (SSSR count). The number of rotatable bonds is 4. The molecule has 0 bridgehead atoms. The first-order valence-electron chi connectivity index (χ1n) is 10.5. The molecule has 0 spiro atoms. The Hall–Kier alpha value is -2.70. The smallest absolute Gasteiger partial charge is 0.307 e. The molecule has 1 N–H and O–H groups in total. The van der Waals surface area contributed by atoms with Gasteiger partial charge in [-0.2, -0.15) is 0 Å². The van der Waals surface area contributed by atoms with Gasteiger partial charge in [0.2, 0.25) is 5.91 Å². The molecule has 29 heavy (non-hydrogen) atoms. The zero-order valence-electron chi connectivity index (χ0n) is 16.4. The predicted octanol–water partition coefficient (Wildman–Crippen LogP) is 2.55. The maximum Gasteiger partial charge on any atom is 0.307 e. The lowest BCUT2D eigenvalue weighted by Crippen LogP contribution is -2.53. The molecule has 3 atom stereocenters. The lowest BCUT2D eigenvalue weighted by molar-refractivity contribution is -0.154. The molecule has 7 heteroatoms. The van der Waals surface area contributed by atoms with E-state index in [1.807, 2.05) is 0 Å². The van der Waals surface area contributed by atoms with Crippen LogP contribution in [0, 0.1) is 11.8 Å². The van der Waals surface area contributed by atoms with Crippen LogP contribution in [0.25, 0.3) is 0 Å². The third-order valence-corrected chi connectivity index (χ3v) is 6.58. The Bertz CT molecular complexity index is 816. The first-order chi connectivity index (χ1) is 14.0. The molecule has 0 radical (unpaired) electrons. The summed E-state index contributed by atoms with van der Waals surface area (Å²) in [4.78, 5) is 53.4. The molecule has 3 aliphatic rings. The van der Waals surface area contributed by atoms with Gasteiger partial charge in [-0.1, -0.05) is 25.0 Å². The van der Waals surface area contributed by atoms with Gasteiger partial charge < -0.3 is 10.0 Å². The fourth-order valence-corrected chi connectivity index (χ4v) is 5.03. The topological polar surface area (TPSA) is 95.0 Å². The summed E-state index contributed by atoms with van der Waals surface area (Å²) in [6, 6.07) is 6.52. The number of hydrogen-bond acceptors (Lipinski definition) is 4. The molecule has 1 aromatic carbocycles. The van der Waals surface area contributed by atoms with Gasteiger partial charge in [0, 0.05) is 19.1 Å². The molecule has 1 saturated carbocycles. The number of imide groups is 1. The molecule has 1 saturated heterocycles. The van der Waals surface area contributed by atoms with E-state index in [2.05, 4.69) is 0 Å². The Morgan fingerprint density at radius 1 is 0.897 bits per heavy atom. The summed E-state index contributed by atoms with van der Waals surface area (Å²) in [7, 11) is 0. The molecular formula is C22H26N2O5.